The van der Waals surface area contributed by atoms with E-state index in [2.05, 4.69) is 95.8 Å². The Labute approximate surface area is 595 Å². The zero-order valence-corrected chi connectivity index (χ0v) is 61.3. The number of ether oxygens (including phenoxy) is 3. The van der Waals surface area contributed by atoms with E-state index in [0.29, 0.717) is 102 Å². The molecule has 17 nitrogen and oxygen atoms in total. The summed E-state index contributed by atoms with van der Waals surface area (Å²) in [5.41, 5.74) is 7.21. The fraction of sp³-hybridized carbons (Fsp3) is 0.597. The van der Waals surface area contributed by atoms with Crippen molar-refractivity contribution in [3.8, 4) is 0 Å². The Balaban J connectivity index is 0.000000152. The lowest BCUT2D eigenvalue weighted by Gasteiger charge is -2.42. The van der Waals surface area contributed by atoms with Crippen molar-refractivity contribution in [1.29, 1.82) is 0 Å². The van der Waals surface area contributed by atoms with Gasteiger partial charge in [0.05, 0.1) is 11.8 Å². The van der Waals surface area contributed by atoms with Crippen LogP contribution >= 0.6 is 23.2 Å². The standard InChI is InChI=1S/C36H44ClF2N5O2.C25H35ClN4O2.C16H19F2NO3/c1-22-15-26-29(17-31(22)37)36(18-30(26)35(2,3)34-40-21-41-42(34)4)9-11-43(12-10-36)33(45)28-20-44(24-7-13-46-14-8-24)19-27(28)25-6-5-23(38)16-32(25)39;1-16-12-17-18(13-20(16)26)25(8-10-30(11-9-25)22(31)32-23(2,3)4)14-19(17)24(5,6)21-27-15-28-29(21)7;17-10-1-2-12(15(18)7-10)13-8-19(9-14(13)16(20)21)11-3-5-22-6-4-11/h5-6,15-17,21,24,27-28,30H,7-14,18-20H2,1-4H3;12-13,15,19H,8-11,14H2,1-7H3;1-2,7,11,13-14H,3-6,8-9H2,(H,20,21)/t27-,28+,30-;19-;13-,14+/m000/s1. The summed E-state index contributed by atoms with van der Waals surface area (Å²) in [7, 11) is 3.91. The molecule has 6 aliphatic heterocycles. The number of hydrogen-bond donors (Lipinski definition) is 1. The molecule has 8 heterocycles. The second-order valence-electron chi connectivity index (χ2n) is 31.8. The van der Waals surface area contributed by atoms with E-state index >= 15 is 4.39 Å². The van der Waals surface area contributed by atoms with Crippen LogP contribution in [0.4, 0.5) is 22.4 Å². The number of carbonyl (C=O) groups is 3. The minimum absolute atomic E-state index is 0.00567. The van der Waals surface area contributed by atoms with Gasteiger partial charge in [-0.2, -0.15) is 10.2 Å². The molecule has 2 aliphatic carbocycles. The van der Waals surface area contributed by atoms with Crippen molar-refractivity contribution in [2.24, 2.45) is 25.9 Å². The number of piperidine rings is 2. The summed E-state index contributed by atoms with van der Waals surface area (Å²) in [5.74, 6) is -2.68. The van der Waals surface area contributed by atoms with Gasteiger partial charge >= 0.3 is 12.1 Å². The van der Waals surface area contributed by atoms with Crippen LogP contribution in [0.5, 0.6) is 0 Å². The highest BCUT2D eigenvalue weighted by Crippen LogP contribution is 2.60. The Morgan fingerprint density at radius 2 is 0.960 bits per heavy atom. The summed E-state index contributed by atoms with van der Waals surface area (Å²) in [6.45, 7) is 26.4. The number of amides is 2. The van der Waals surface area contributed by atoms with Crippen LogP contribution in [-0.2, 0) is 59.6 Å². The second kappa shape index (κ2) is 29.0. The predicted octanol–water partition coefficient (Wildman–Crippen LogP) is 14.0. The third-order valence-corrected chi connectivity index (χ3v) is 24.8. The number of aromatic nitrogens is 6. The molecule has 23 heteroatoms. The molecule has 1 N–H and O–H groups in total. The molecule has 6 aromatic rings. The molecule has 2 spiro atoms. The van der Waals surface area contributed by atoms with Crippen LogP contribution in [0.3, 0.4) is 0 Å². The first kappa shape index (κ1) is 73.3. The van der Waals surface area contributed by atoms with E-state index in [-0.39, 0.29) is 57.5 Å². The number of fused-ring (bicyclic) bond motifs is 4. The number of aliphatic carboxylic acids is 1. The number of rotatable bonds is 10. The minimum atomic E-state index is -0.928. The highest BCUT2D eigenvalue weighted by molar-refractivity contribution is 6.31. The Bertz CT molecular complexity index is 3980. The third kappa shape index (κ3) is 14.6. The summed E-state index contributed by atoms with van der Waals surface area (Å²) >= 11 is 13.4. The largest absolute Gasteiger partial charge is 0.481 e. The number of aryl methyl sites for hydroxylation is 4. The highest BCUT2D eigenvalue weighted by atomic mass is 35.5. The third-order valence-electron chi connectivity index (χ3n) is 23.9. The van der Waals surface area contributed by atoms with Crippen LogP contribution in [0.2, 0.25) is 10.0 Å². The topological polar surface area (TPSA) is 174 Å². The van der Waals surface area contributed by atoms with Crippen LogP contribution in [0.15, 0.2) is 73.3 Å². The quantitative estimate of drug-likeness (QED) is 0.128. The molecule has 0 unspecified atom stereocenters. The average Bonchev–Trinajstić information content (AvgIpc) is 1.57. The first-order valence-corrected chi connectivity index (χ1v) is 36.5. The van der Waals surface area contributed by atoms with Gasteiger partial charge in [-0.15, -0.1) is 0 Å². The van der Waals surface area contributed by atoms with Gasteiger partial charge in [-0.05, 0) is 190 Å². The summed E-state index contributed by atoms with van der Waals surface area (Å²) in [5, 5.41) is 19.8. The SMILES string of the molecule is Cc1cc2c(cc1Cl)C1(CCN(C(=O)OC(C)(C)C)CC1)C[C@@H]2C(C)(C)c1ncnn1C.Cc1cc2c(cc1Cl)C1(CCN(C(=O)[C@@H]3CN(C4CCOCC4)C[C@H]3c3ccc(F)cc3F)CC1)C[C@@H]2C(C)(C)c1ncnn1C.O=C(O)[C@@H]1CN(C2CCOCC2)C[C@H]1c1ccc(F)cc1F. The number of carboxylic acid groups (broad SMARTS) is 1. The maximum absolute atomic E-state index is 15.2. The van der Waals surface area contributed by atoms with Crippen molar-refractivity contribution in [1.82, 2.24) is 49.1 Å². The Morgan fingerprint density at radius 1 is 0.560 bits per heavy atom. The van der Waals surface area contributed by atoms with Gasteiger partial charge in [0.2, 0.25) is 5.91 Å². The van der Waals surface area contributed by atoms with Gasteiger partial charge in [-0.3, -0.25) is 28.8 Å². The fourth-order valence-electron chi connectivity index (χ4n) is 18.4. The van der Waals surface area contributed by atoms with Gasteiger partial charge in [0, 0.05) is 150 Å². The lowest BCUT2D eigenvalue weighted by molar-refractivity contribution is -0.142. The molecule has 0 radical (unpaired) electrons. The summed E-state index contributed by atoms with van der Waals surface area (Å²) in [6, 6.07) is 16.7. The van der Waals surface area contributed by atoms with Crippen LogP contribution in [0.25, 0.3) is 0 Å². The highest BCUT2D eigenvalue weighted by Gasteiger charge is 2.55. The van der Waals surface area contributed by atoms with Crippen LogP contribution in [-0.4, -0.2) is 169 Å². The van der Waals surface area contributed by atoms with Crippen molar-refractivity contribution in [3.63, 3.8) is 0 Å². The van der Waals surface area contributed by atoms with E-state index in [0.717, 1.165) is 109 Å². The maximum atomic E-state index is 15.2. The van der Waals surface area contributed by atoms with E-state index in [9.17, 15) is 32.7 Å². The molecule has 100 heavy (non-hydrogen) atoms. The lowest BCUT2D eigenvalue weighted by atomic mass is 9.69. The number of halogens is 6. The van der Waals surface area contributed by atoms with Crippen molar-refractivity contribution in [2.45, 2.75) is 190 Å². The Hall–Kier alpha value is -6.49. The summed E-state index contributed by atoms with van der Waals surface area (Å²) in [6.07, 6.45) is 12.0. The minimum Gasteiger partial charge on any atom is -0.481 e. The molecule has 540 valence electrons. The molecule has 2 amide bonds. The molecule has 14 rings (SSSR count). The van der Waals surface area contributed by atoms with Crippen LogP contribution in [0, 0.1) is 49.0 Å². The zero-order chi connectivity index (χ0) is 71.5. The van der Waals surface area contributed by atoms with Gasteiger partial charge in [0.15, 0.2) is 0 Å². The molecular formula is C77H98Cl2F4N10O7. The number of likely N-dealkylation sites (tertiary alicyclic amines) is 4. The van der Waals surface area contributed by atoms with Crippen molar-refractivity contribution in [2.75, 3.05) is 78.8 Å². The normalized spacial score (nSPS) is 24.2. The van der Waals surface area contributed by atoms with E-state index in [1.807, 2.05) is 54.0 Å². The molecule has 6 saturated heterocycles. The van der Waals surface area contributed by atoms with E-state index < -0.39 is 46.7 Å². The number of carbonyl (C=O) groups excluding carboxylic acids is 2. The fourth-order valence-corrected chi connectivity index (χ4v) is 18.7. The van der Waals surface area contributed by atoms with Crippen molar-refractivity contribution >= 4 is 41.2 Å². The molecule has 6 atom stereocenters. The van der Waals surface area contributed by atoms with Crippen LogP contribution < -0.4 is 0 Å². The number of nitrogens with zero attached hydrogens (tertiary/aromatic N) is 10. The monoisotopic (exact) mass is 1420 g/mol. The van der Waals surface area contributed by atoms with Gasteiger partial charge in [0.1, 0.15) is 53.2 Å². The lowest BCUT2D eigenvalue weighted by Crippen LogP contribution is -2.48. The average molecular weight is 1420 g/mol. The van der Waals surface area contributed by atoms with Gasteiger partial charge in [-0.1, -0.05) is 75.2 Å². The summed E-state index contributed by atoms with van der Waals surface area (Å²) < 4.78 is 76.5. The first-order valence-electron chi connectivity index (χ1n) is 35.7. The number of carboxylic acids is 1. The Kier molecular flexibility index (Phi) is 21.2. The second-order valence-corrected chi connectivity index (χ2v) is 32.6. The summed E-state index contributed by atoms with van der Waals surface area (Å²) in [4.78, 5) is 56.2. The van der Waals surface area contributed by atoms with Gasteiger partial charge < -0.3 is 29.1 Å². The van der Waals surface area contributed by atoms with E-state index in [4.69, 9.17) is 37.4 Å². The molecular weight excluding hydrogens is 1320 g/mol. The van der Waals surface area contributed by atoms with E-state index in [1.165, 1.54) is 46.5 Å². The first-order chi connectivity index (χ1) is 47.4. The van der Waals surface area contributed by atoms with Gasteiger partial charge in [-0.25, -0.2) is 32.3 Å². The zero-order valence-electron chi connectivity index (χ0n) is 59.7. The van der Waals surface area contributed by atoms with Crippen molar-refractivity contribution in [3.05, 3.63) is 163 Å². The molecule has 8 aliphatic rings. The molecule has 2 aromatic heterocycles. The Morgan fingerprint density at radius 3 is 1.34 bits per heavy atom. The smallest absolute Gasteiger partial charge is 0.410 e. The number of benzene rings is 4. The molecule has 6 fully saturated rings. The molecule has 0 bridgehead atoms. The molecule has 4 aromatic carbocycles. The predicted molar refractivity (Wildman–Crippen MR) is 375 cm³/mol. The van der Waals surface area contributed by atoms with Crippen molar-refractivity contribution < 1.29 is 51.3 Å². The number of hydrogen-bond acceptors (Lipinski definition) is 12. The molecule has 0 saturated carbocycles. The van der Waals surface area contributed by atoms with E-state index in [1.54, 1.807) is 12.7 Å². The van der Waals surface area contributed by atoms with Gasteiger partial charge in [0.25, 0.3) is 0 Å². The maximum Gasteiger partial charge on any atom is 0.410 e. The van der Waals surface area contributed by atoms with Crippen LogP contribution in [0.1, 0.15) is 193 Å².